The third kappa shape index (κ3) is 3.97. The Morgan fingerprint density at radius 1 is 1.19 bits per heavy atom. The van der Waals surface area contributed by atoms with E-state index in [1.54, 1.807) is 21.5 Å². The lowest BCUT2D eigenvalue weighted by Crippen LogP contribution is -2.40. The summed E-state index contributed by atoms with van der Waals surface area (Å²) in [5.41, 5.74) is 2.40. The predicted molar refractivity (Wildman–Crippen MR) is 103 cm³/mol. The minimum atomic E-state index is -0.557. The molecule has 2 heterocycles. The number of benzene rings is 1. The zero-order valence-corrected chi connectivity index (χ0v) is 16.5. The van der Waals surface area contributed by atoms with Crippen LogP contribution < -0.4 is 4.90 Å². The van der Waals surface area contributed by atoms with Crippen molar-refractivity contribution in [2.75, 3.05) is 18.5 Å². The van der Waals surface area contributed by atoms with Crippen LogP contribution in [0, 0.1) is 0 Å². The molecule has 27 heavy (non-hydrogen) atoms. The van der Waals surface area contributed by atoms with Crippen molar-refractivity contribution in [1.82, 2.24) is 14.7 Å². The lowest BCUT2D eigenvalue weighted by Gasteiger charge is -2.30. The highest BCUT2D eigenvalue weighted by atomic mass is 16.6. The first-order valence-electron chi connectivity index (χ1n) is 9.03. The first kappa shape index (κ1) is 18.9. The largest absolute Gasteiger partial charge is 0.444 e. The van der Waals surface area contributed by atoms with Crippen molar-refractivity contribution in [3.63, 3.8) is 0 Å². The van der Waals surface area contributed by atoms with Gasteiger partial charge in [0.2, 0.25) is 0 Å². The molecular weight excluding hydrogens is 344 g/mol. The molecule has 0 bridgehead atoms. The molecule has 0 spiro atoms. The van der Waals surface area contributed by atoms with E-state index in [0.29, 0.717) is 25.2 Å². The summed E-state index contributed by atoms with van der Waals surface area (Å²) in [7, 11) is 3.56. The van der Waals surface area contributed by atoms with Gasteiger partial charge >= 0.3 is 6.09 Å². The Balaban J connectivity index is 1.86. The molecular formula is C20H26N4O3. The molecule has 2 amide bonds. The Hall–Kier alpha value is -2.83. The predicted octanol–water partition coefficient (Wildman–Crippen LogP) is 2.99. The lowest BCUT2D eigenvalue weighted by molar-refractivity contribution is 0.0221. The van der Waals surface area contributed by atoms with Crippen molar-refractivity contribution in [3.8, 4) is 0 Å². The van der Waals surface area contributed by atoms with Gasteiger partial charge in [0.1, 0.15) is 5.60 Å². The molecule has 0 N–H and O–H groups in total. The maximum atomic E-state index is 13.1. The second kappa shape index (κ2) is 7.06. The van der Waals surface area contributed by atoms with Gasteiger partial charge < -0.3 is 14.5 Å². The van der Waals surface area contributed by atoms with Crippen LogP contribution in [0.1, 0.15) is 42.5 Å². The van der Waals surface area contributed by atoms with Crippen LogP contribution in [0.25, 0.3) is 0 Å². The van der Waals surface area contributed by atoms with Crippen LogP contribution in [-0.4, -0.2) is 45.9 Å². The van der Waals surface area contributed by atoms with Crippen molar-refractivity contribution in [3.05, 3.63) is 47.3 Å². The monoisotopic (exact) mass is 370 g/mol. The summed E-state index contributed by atoms with van der Waals surface area (Å²) in [6, 6.07) is 9.43. The van der Waals surface area contributed by atoms with Crippen molar-refractivity contribution in [1.29, 1.82) is 0 Å². The third-order valence-electron chi connectivity index (χ3n) is 4.54. The Kier molecular flexibility index (Phi) is 4.95. The summed E-state index contributed by atoms with van der Waals surface area (Å²) in [6.07, 6.45) is 0.271. The number of para-hydroxylation sites is 1. The van der Waals surface area contributed by atoms with Crippen molar-refractivity contribution >= 4 is 17.7 Å². The van der Waals surface area contributed by atoms with Gasteiger partial charge in [-0.3, -0.25) is 9.48 Å². The van der Waals surface area contributed by atoms with Crippen LogP contribution in [0.3, 0.4) is 0 Å². The number of aromatic nitrogens is 2. The molecule has 7 heteroatoms. The molecule has 0 saturated carbocycles. The Labute approximate surface area is 159 Å². The summed E-state index contributed by atoms with van der Waals surface area (Å²) >= 11 is 0. The van der Waals surface area contributed by atoms with E-state index in [1.807, 2.05) is 58.2 Å². The zero-order valence-electron chi connectivity index (χ0n) is 16.5. The van der Waals surface area contributed by atoms with E-state index in [2.05, 4.69) is 5.10 Å². The van der Waals surface area contributed by atoms with Crippen molar-refractivity contribution in [2.24, 2.45) is 7.05 Å². The minimum absolute atomic E-state index is 0.191. The van der Waals surface area contributed by atoms with Gasteiger partial charge in [-0.15, -0.1) is 0 Å². The maximum absolute atomic E-state index is 13.1. The molecule has 0 aliphatic carbocycles. The topological polar surface area (TPSA) is 67.7 Å². The van der Waals surface area contributed by atoms with E-state index in [1.165, 1.54) is 0 Å². The number of hydrogen-bond acceptors (Lipinski definition) is 4. The summed E-state index contributed by atoms with van der Waals surface area (Å²) in [4.78, 5) is 28.7. The normalized spacial score (nSPS) is 13.9. The second-order valence-corrected chi connectivity index (χ2v) is 7.75. The zero-order chi connectivity index (χ0) is 19.8. The third-order valence-corrected chi connectivity index (χ3v) is 4.54. The summed E-state index contributed by atoms with van der Waals surface area (Å²) < 4.78 is 7.22. The number of anilines is 1. The number of carbonyl (C=O) groups is 2. The van der Waals surface area contributed by atoms with E-state index in [9.17, 15) is 9.59 Å². The molecule has 0 saturated heterocycles. The smallest absolute Gasteiger partial charge is 0.410 e. The Morgan fingerprint density at radius 2 is 1.85 bits per heavy atom. The van der Waals surface area contributed by atoms with Gasteiger partial charge in [0, 0.05) is 44.0 Å². The van der Waals surface area contributed by atoms with Gasteiger partial charge in [0.25, 0.3) is 5.91 Å². The van der Waals surface area contributed by atoms with Gasteiger partial charge in [-0.05, 0) is 32.9 Å². The molecule has 144 valence electrons. The van der Waals surface area contributed by atoms with Crippen molar-refractivity contribution < 1.29 is 14.3 Å². The quantitative estimate of drug-likeness (QED) is 0.815. The first-order chi connectivity index (χ1) is 12.7. The van der Waals surface area contributed by atoms with Crippen molar-refractivity contribution in [2.45, 2.75) is 39.3 Å². The van der Waals surface area contributed by atoms with E-state index < -0.39 is 5.60 Å². The van der Waals surface area contributed by atoms with E-state index in [4.69, 9.17) is 4.74 Å². The standard InChI is InChI=1S/C20H26N4O3/c1-20(2,3)27-19(26)24-12-11-16-15(13-24)17(21-23(16)5)18(25)22(4)14-9-7-6-8-10-14/h6-10H,11-13H2,1-5H3. The molecule has 3 rings (SSSR count). The number of fused-ring (bicyclic) bond motifs is 1. The molecule has 0 unspecified atom stereocenters. The van der Waals surface area contributed by atoms with Crippen LogP contribution >= 0.6 is 0 Å². The molecule has 7 nitrogen and oxygen atoms in total. The highest BCUT2D eigenvalue weighted by molar-refractivity contribution is 6.05. The number of carbonyl (C=O) groups excluding carboxylic acids is 2. The molecule has 2 aromatic rings. The van der Waals surface area contributed by atoms with Gasteiger partial charge in [-0.1, -0.05) is 18.2 Å². The van der Waals surface area contributed by atoms with Crippen LogP contribution in [0.2, 0.25) is 0 Å². The first-order valence-corrected chi connectivity index (χ1v) is 9.03. The summed E-state index contributed by atoms with van der Waals surface area (Å²) in [5.74, 6) is -0.191. The fourth-order valence-corrected chi connectivity index (χ4v) is 3.17. The molecule has 1 aromatic carbocycles. The number of hydrogen-bond donors (Lipinski definition) is 0. The number of nitrogens with zero attached hydrogens (tertiary/aromatic N) is 4. The van der Waals surface area contributed by atoms with E-state index >= 15 is 0 Å². The molecule has 1 aromatic heterocycles. The minimum Gasteiger partial charge on any atom is -0.444 e. The average molecular weight is 370 g/mol. The fraction of sp³-hybridized carbons (Fsp3) is 0.450. The number of amides is 2. The Morgan fingerprint density at radius 3 is 2.48 bits per heavy atom. The summed E-state index contributed by atoms with van der Waals surface area (Å²) in [6.45, 7) is 6.39. The number of aryl methyl sites for hydroxylation is 1. The second-order valence-electron chi connectivity index (χ2n) is 7.75. The SMILES string of the molecule is CN(C(=O)c1nn(C)c2c1CN(C(=O)OC(C)(C)C)CC2)c1ccccc1. The van der Waals surface area contributed by atoms with Gasteiger partial charge in [0.05, 0.1) is 6.54 Å². The maximum Gasteiger partial charge on any atom is 0.410 e. The molecule has 0 atom stereocenters. The average Bonchev–Trinajstić information content (AvgIpc) is 2.96. The summed E-state index contributed by atoms with van der Waals surface area (Å²) in [5, 5.41) is 4.45. The van der Waals surface area contributed by atoms with Crippen LogP contribution in [-0.2, 0) is 24.8 Å². The number of rotatable bonds is 2. The van der Waals surface area contributed by atoms with E-state index in [0.717, 1.165) is 16.9 Å². The van der Waals surface area contributed by atoms with Crippen LogP contribution in [0.4, 0.5) is 10.5 Å². The van der Waals surface area contributed by atoms with Crippen LogP contribution in [0.5, 0.6) is 0 Å². The lowest BCUT2D eigenvalue weighted by atomic mass is 10.0. The van der Waals surface area contributed by atoms with Gasteiger partial charge in [-0.25, -0.2) is 4.79 Å². The molecule has 0 radical (unpaired) electrons. The Bertz CT molecular complexity index is 852. The van der Waals surface area contributed by atoms with Gasteiger partial charge in [0.15, 0.2) is 5.69 Å². The fourth-order valence-electron chi connectivity index (χ4n) is 3.17. The van der Waals surface area contributed by atoms with Gasteiger partial charge in [-0.2, -0.15) is 5.10 Å². The van der Waals surface area contributed by atoms with Crippen LogP contribution in [0.15, 0.2) is 30.3 Å². The highest BCUT2D eigenvalue weighted by Gasteiger charge is 2.32. The molecule has 1 aliphatic rings. The molecule has 0 fully saturated rings. The highest BCUT2D eigenvalue weighted by Crippen LogP contribution is 2.25. The van der Waals surface area contributed by atoms with E-state index in [-0.39, 0.29) is 12.0 Å². The number of ether oxygens (including phenoxy) is 1. The molecule has 1 aliphatic heterocycles.